The van der Waals surface area contributed by atoms with E-state index in [2.05, 4.69) is 15.6 Å². The third-order valence-electron chi connectivity index (χ3n) is 2.81. The van der Waals surface area contributed by atoms with Gasteiger partial charge in [0.15, 0.2) is 0 Å². The van der Waals surface area contributed by atoms with Crippen LogP contribution in [0.15, 0.2) is 17.9 Å². The molecule has 1 aliphatic heterocycles. The van der Waals surface area contributed by atoms with Crippen LogP contribution in [-0.4, -0.2) is 34.9 Å². The molecule has 84 valence electrons. The van der Waals surface area contributed by atoms with E-state index >= 15 is 0 Å². The number of imidazole rings is 1. The number of carbonyl (C=O) groups excluding carboxylic acids is 1. The fourth-order valence-corrected chi connectivity index (χ4v) is 2.54. The SMILES string of the molecule is O=C(NCC1CNC1)c1csc2cncn12. The Bertz CT molecular complexity index is 514. The maximum absolute atomic E-state index is 11.9. The summed E-state index contributed by atoms with van der Waals surface area (Å²) in [4.78, 5) is 16.9. The van der Waals surface area contributed by atoms with Crippen LogP contribution in [0.2, 0.25) is 0 Å². The van der Waals surface area contributed by atoms with Gasteiger partial charge in [-0.25, -0.2) is 4.98 Å². The third kappa shape index (κ3) is 1.60. The standard InChI is InChI=1S/C10H12N4OS/c15-10(13-3-7-1-11-2-7)8-5-16-9-4-12-6-14(8)9/h4-7,11H,1-3H2,(H,13,15). The van der Waals surface area contributed by atoms with Gasteiger partial charge in [0.2, 0.25) is 0 Å². The van der Waals surface area contributed by atoms with E-state index in [0.29, 0.717) is 11.6 Å². The van der Waals surface area contributed by atoms with Crippen LogP contribution < -0.4 is 10.6 Å². The van der Waals surface area contributed by atoms with E-state index in [1.165, 1.54) is 11.3 Å². The fourth-order valence-electron chi connectivity index (χ4n) is 1.71. The Morgan fingerprint density at radius 1 is 1.69 bits per heavy atom. The van der Waals surface area contributed by atoms with Crippen molar-refractivity contribution in [3.05, 3.63) is 23.6 Å². The van der Waals surface area contributed by atoms with E-state index in [-0.39, 0.29) is 5.91 Å². The van der Waals surface area contributed by atoms with Gasteiger partial charge in [0.25, 0.3) is 5.91 Å². The number of nitrogens with zero attached hydrogens (tertiary/aromatic N) is 2. The van der Waals surface area contributed by atoms with Crippen LogP contribution in [0.4, 0.5) is 0 Å². The minimum absolute atomic E-state index is 0.0175. The van der Waals surface area contributed by atoms with Gasteiger partial charge in [0, 0.05) is 30.9 Å². The van der Waals surface area contributed by atoms with E-state index in [1.54, 1.807) is 12.5 Å². The van der Waals surface area contributed by atoms with Crippen LogP contribution in [0, 0.1) is 5.92 Å². The van der Waals surface area contributed by atoms with Crippen LogP contribution in [0.1, 0.15) is 10.5 Å². The summed E-state index contributed by atoms with van der Waals surface area (Å²) in [5.41, 5.74) is 0.671. The lowest BCUT2D eigenvalue weighted by Gasteiger charge is -2.26. The van der Waals surface area contributed by atoms with Crippen LogP contribution >= 0.6 is 11.3 Å². The third-order valence-corrected chi connectivity index (χ3v) is 3.69. The lowest BCUT2D eigenvalue weighted by atomic mass is 10.0. The Kier molecular flexibility index (Phi) is 2.37. The Morgan fingerprint density at radius 3 is 3.31 bits per heavy atom. The van der Waals surface area contributed by atoms with Crippen molar-refractivity contribution in [1.82, 2.24) is 20.0 Å². The summed E-state index contributed by atoms with van der Waals surface area (Å²) in [7, 11) is 0. The molecule has 1 saturated heterocycles. The molecule has 0 aliphatic carbocycles. The van der Waals surface area contributed by atoms with Gasteiger partial charge in [0.1, 0.15) is 16.9 Å². The van der Waals surface area contributed by atoms with Crippen molar-refractivity contribution in [3.63, 3.8) is 0 Å². The number of nitrogens with one attached hydrogen (secondary N) is 2. The topological polar surface area (TPSA) is 58.4 Å². The van der Waals surface area contributed by atoms with Crippen molar-refractivity contribution in [2.45, 2.75) is 0 Å². The van der Waals surface area contributed by atoms with Crippen LogP contribution in [0.3, 0.4) is 0 Å². The van der Waals surface area contributed by atoms with Crippen LogP contribution in [-0.2, 0) is 0 Å². The first-order valence-corrected chi connectivity index (χ1v) is 6.11. The predicted molar refractivity (Wildman–Crippen MR) is 61.8 cm³/mol. The van der Waals surface area contributed by atoms with Gasteiger partial charge in [-0.2, -0.15) is 0 Å². The molecule has 3 rings (SSSR count). The Morgan fingerprint density at radius 2 is 2.56 bits per heavy atom. The van der Waals surface area contributed by atoms with Gasteiger partial charge in [-0.15, -0.1) is 11.3 Å². The largest absolute Gasteiger partial charge is 0.350 e. The number of hydrogen-bond donors (Lipinski definition) is 2. The van der Waals surface area contributed by atoms with Crippen molar-refractivity contribution in [2.24, 2.45) is 5.92 Å². The number of amides is 1. The van der Waals surface area contributed by atoms with Gasteiger partial charge < -0.3 is 10.6 Å². The minimum atomic E-state index is -0.0175. The molecule has 0 bridgehead atoms. The molecule has 0 radical (unpaired) electrons. The molecule has 5 nitrogen and oxygen atoms in total. The van der Waals surface area contributed by atoms with E-state index < -0.39 is 0 Å². The lowest BCUT2D eigenvalue weighted by Crippen LogP contribution is -2.48. The summed E-state index contributed by atoms with van der Waals surface area (Å²) in [5, 5.41) is 8.00. The second kappa shape index (κ2) is 3.88. The molecule has 0 spiro atoms. The first kappa shape index (κ1) is 9.80. The summed E-state index contributed by atoms with van der Waals surface area (Å²) in [6.45, 7) is 2.76. The summed E-state index contributed by atoms with van der Waals surface area (Å²) in [5.74, 6) is 0.567. The van der Waals surface area contributed by atoms with Crippen molar-refractivity contribution in [2.75, 3.05) is 19.6 Å². The number of thiazole rings is 1. The first-order valence-electron chi connectivity index (χ1n) is 5.23. The van der Waals surface area contributed by atoms with Crippen LogP contribution in [0.25, 0.3) is 4.83 Å². The molecule has 0 saturated carbocycles. The molecule has 1 aliphatic rings. The highest BCUT2D eigenvalue weighted by atomic mass is 32.1. The molecular formula is C10H12N4OS. The average molecular weight is 236 g/mol. The van der Waals surface area contributed by atoms with E-state index in [1.807, 2.05) is 9.78 Å². The Labute approximate surface area is 96.5 Å². The van der Waals surface area contributed by atoms with E-state index in [4.69, 9.17) is 0 Å². The highest BCUT2D eigenvalue weighted by molar-refractivity contribution is 7.15. The molecular weight excluding hydrogens is 224 g/mol. The first-order chi connectivity index (χ1) is 7.84. The molecule has 3 heterocycles. The number of aromatic nitrogens is 2. The normalized spacial score (nSPS) is 16.2. The van der Waals surface area contributed by atoms with Gasteiger partial charge in [-0.3, -0.25) is 9.20 Å². The van der Waals surface area contributed by atoms with E-state index in [0.717, 1.165) is 24.5 Å². The minimum Gasteiger partial charge on any atom is -0.350 e. The highest BCUT2D eigenvalue weighted by Crippen LogP contribution is 2.15. The lowest BCUT2D eigenvalue weighted by molar-refractivity contribution is 0.0936. The second-order valence-electron chi connectivity index (χ2n) is 3.96. The number of hydrogen-bond acceptors (Lipinski definition) is 4. The maximum atomic E-state index is 11.9. The smallest absolute Gasteiger partial charge is 0.269 e. The van der Waals surface area contributed by atoms with Gasteiger partial charge >= 0.3 is 0 Å². The molecule has 1 fully saturated rings. The molecule has 2 aromatic rings. The summed E-state index contributed by atoms with van der Waals surface area (Å²) < 4.78 is 1.82. The molecule has 0 aromatic carbocycles. The Balaban J connectivity index is 1.71. The monoisotopic (exact) mass is 236 g/mol. The molecule has 2 aromatic heterocycles. The number of fused-ring (bicyclic) bond motifs is 1. The van der Waals surface area contributed by atoms with Crippen molar-refractivity contribution >= 4 is 22.1 Å². The number of rotatable bonds is 3. The average Bonchev–Trinajstić information content (AvgIpc) is 2.74. The van der Waals surface area contributed by atoms with E-state index in [9.17, 15) is 4.79 Å². The fraction of sp³-hybridized carbons (Fsp3) is 0.400. The van der Waals surface area contributed by atoms with Crippen molar-refractivity contribution < 1.29 is 4.79 Å². The van der Waals surface area contributed by atoms with Gasteiger partial charge in [0.05, 0.1) is 6.20 Å². The maximum Gasteiger partial charge on any atom is 0.269 e. The quantitative estimate of drug-likeness (QED) is 0.808. The highest BCUT2D eigenvalue weighted by Gasteiger charge is 2.18. The zero-order valence-corrected chi connectivity index (χ0v) is 9.46. The zero-order chi connectivity index (χ0) is 11.0. The predicted octanol–water partition coefficient (Wildman–Crippen LogP) is 0.345. The molecule has 2 N–H and O–H groups in total. The number of carbonyl (C=O) groups is 1. The van der Waals surface area contributed by atoms with Gasteiger partial charge in [-0.05, 0) is 0 Å². The Hall–Kier alpha value is -1.40. The summed E-state index contributed by atoms with van der Waals surface area (Å²) in [6, 6.07) is 0. The van der Waals surface area contributed by atoms with Crippen molar-refractivity contribution in [1.29, 1.82) is 0 Å². The molecule has 16 heavy (non-hydrogen) atoms. The molecule has 0 unspecified atom stereocenters. The zero-order valence-electron chi connectivity index (χ0n) is 8.64. The van der Waals surface area contributed by atoms with Gasteiger partial charge in [-0.1, -0.05) is 0 Å². The molecule has 0 atom stereocenters. The molecule has 1 amide bonds. The molecule has 6 heteroatoms. The van der Waals surface area contributed by atoms with Crippen molar-refractivity contribution in [3.8, 4) is 0 Å². The van der Waals surface area contributed by atoms with Crippen LogP contribution in [0.5, 0.6) is 0 Å². The second-order valence-corrected chi connectivity index (χ2v) is 4.85. The summed E-state index contributed by atoms with van der Waals surface area (Å²) >= 11 is 1.53. The summed E-state index contributed by atoms with van der Waals surface area (Å²) in [6.07, 6.45) is 3.43.